The van der Waals surface area contributed by atoms with Gasteiger partial charge in [-0.15, -0.1) is 0 Å². The smallest absolute Gasteiger partial charge is 0.233 e. The number of carbonyl (C=O) groups is 2. The molecule has 5 nitrogen and oxygen atoms in total. The first kappa shape index (κ1) is 23.2. The van der Waals surface area contributed by atoms with Crippen LogP contribution in [0.25, 0.3) is 0 Å². The third-order valence-electron chi connectivity index (χ3n) is 7.26. The summed E-state index contributed by atoms with van der Waals surface area (Å²) >= 11 is 0. The molecule has 2 aromatic rings. The number of nitrogens with two attached hydrogens (primary N) is 1. The minimum atomic E-state index is -0.684. The molecule has 0 radical (unpaired) electrons. The van der Waals surface area contributed by atoms with Crippen molar-refractivity contribution in [1.82, 2.24) is 4.90 Å². The zero-order valence-electron chi connectivity index (χ0n) is 18.7. The van der Waals surface area contributed by atoms with Crippen molar-refractivity contribution >= 4 is 11.8 Å². The topological polar surface area (TPSA) is 72.6 Å². The molecule has 176 valence electrons. The first-order valence-corrected chi connectivity index (χ1v) is 11.5. The second-order valence-electron chi connectivity index (χ2n) is 9.48. The van der Waals surface area contributed by atoms with Gasteiger partial charge in [-0.3, -0.25) is 9.59 Å². The Hall–Kier alpha value is -2.96. The van der Waals surface area contributed by atoms with E-state index in [-0.39, 0.29) is 30.6 Å². The predicted octanol–water partition coefficient (Wildman–Crippen LogP) is 4.34. The zero-order valence-corrected chi connectivity index (χ0v) is 18.7. The molecule has 33 heavy (non-hydrogen) atoms. The van der Waals surface area contributed by atoms with Gasteiger partial charge >= 0.3 is 0 Å². The van der Waals surface area contributed by atoms with Crippen LogP contribution in [0.15, 0.2) is 48.5 Å². The highest BCUT2D eigenvalue weighted by molar-refractivity contribution is 5.89. The third-order valence-corrected chi connectivity index (χ3v) is 7.26. The number of benzene rings is 2. The van der Waals surface area contributed by atoms with Crippen LogP contribution >= 0.6 is 0 Å². The summed E-state index contributed by atoms with van der Waals surface area (Å²) in [6.07, 6.45) is 4.60. The molecule has 1 saturated heterocycles. The van der Waals surface area contributed by atoms with Crippen molar-refractivity contribution in [2.75, 3.05) is 19.7 Å². The van der Waals surface area contributed by atoms with Gasteiger partial charge in [-0.25, -0.2) is 8.78 Å². The first-order valence-electron chi connectivity index (χ1n) is 11.5. The van der Waals surface area contributed by atoms with Crippen LogP contribution in [0.2, 0.25) is 0 Å². The Bertz CT molecular complexity index is 995. The highest BCUT2D eigenvalue weighted by Crippen LogP contribution is 2.44. The van der Waals surface area contributed by atoms with Crippen LogP contribution in [-0.2, 0) is 15.0 Å². The van der Waals surface area contributed by atoms with Gasteiger partial charge in [0.15, 0.2) is 0 Å². The van der Waals surface area contributed by atoms with Crippen LogP contribution < -0.4 is 10.5 Å². The number of carbonyl (C=O) groups excluding carboxylic acids is 2. The molecule has 2 aromatic carbocycles. The molecule has 1 heterocycles. The quantitative estimate of drug-likeness (QED) is 0.674. The van der Waals surface area contributed by atoms with E-state index in [9.17, 15) is 18.4 Å². The number of amides is 2. The molecule has 4 rings (SSSR count). The Morgan fingerprint density at radius 2 is 1.61 bits per heavy atom. The second-order valence-corrected chi connectivity index (χ2v) is 9.48. The number of nitrogens with zero attached hydrogens (tertiary/aromatic N) is 1. The van der Waals surface area contributed by atoms with Crippen LogP contribution in [0.4, 0.5) is 8.78 Å². The average molecular weight is 457 g/mol. The molecule has 0 bridgehead atoms. The Kier molecular flexibility index (Phi) is 6.68. The van der Waals surface area contributed by atoms with E-state index in [1.165, 1.54) is 24.3 Å². The fourth-order valence-electron chi connectivity index (χ4n) is 5.39. The van der Waals surface area contributed by atoms with Crippen molar-refractivity contribution < 1.29 is 23.1 Å². The minimum Gasteiger partial charge on any atom is -0.493 e. The molecule has 2 aliphatic rings. The van der Waals surface area contributed by atoms with E-state index in [2.05, 4.69) is 0 Å². The summed E-state index contributed by atoms with van der Waals surface area (Å²) in [5.41, 5.74) is 5.12. The molecule has 1 aliphatic heterocycles. The fourth-order valence-corrected chi connectivity index (χ4v) is 5.39. The van der Waals surface area contributed by atoms with Gasteiger partial charge in [0, 0.05) is 24.9 Å². The minimum absolute atomic E-state index is 0.0396. The summed E-state index contributed by atoms with van der Waals surface area (Å²) in [5.74, 6) is -0.527. The summed E-state index contributed by atoms with van der Waals surface area (Å²) in [6, 6.07) is 12.2. The number of primary amides is 1. The molecule has 2 fully saturated rings. The van der Waals surface area contributed by atoms with Gasteiger partial charge < -0.3 is 15.4 Å². The summed E-state index contributed by atoms with van der Waals surface area (Å²) in [6.45, 7) is 1.23. The standard InChI is InChI=1S/C26H30F2N2O3/c27-20-6-8-22(9-7-20)33-18-25(17-23(29)31)12-14-30(15-13-25)24(32)26(10-1-2-11-26)19-4-3-5-21(28)16-19/h3-9,16H,1-2,10-15,17-18H2,(H2,29,31). The molecular formula is C26H30F2N2O3. The maximum absolute atomic E-state index is 14.0. The molecular weight excluding hydrogens is 426 g/mol. The van der Waals surface area contributed by atoms with E-state index in [0.717, 1.165) is 18.4 Å². The van der Waals surface area contributed by atoms with Crippen molar-refractivity contribution in [1.29, 1.82) is 0 Å². The maximum atomic E-state index is 14.0. The van der Waals surface area contributed by atoms with Crippen molar-refractivity contribution in [3.8, 4) is 5.75 Å². The lowest BCUT2D eigenvalue weighted by molar-refractivity contribution is -0.140. The largest absolute Gasteiger partial charge is 0.493 e. The predicted molar refractivity (Wildman–Crippen MR) is 120 cm³/mol. The highest BCUT2D eigenvalue weighted by atomic mass is 19.1. The van der Waals surface area contributed by atoms with Crippen LogP contribution in [0.5, 0.6) is 5.75 Å². The van der Waals surface area contributed by atoms with Gasteiger partial charge in [-0.05, 0) is 67.6 Å². The number of ether oxygens (including phenoxy) is 1. The van der Waals surface area contributed by atoms with Gasteiger partial charge in [0.25, 0.3) is 0 Å². The van der Waals surface area contributed by atoms with Crippen LogP contribution in [0, 0.1) is 17.0 Å². The van der Waals surface area contributed by atoms with Gasteiger partial charge in [-0.1, -0.05) is 25.0 Å². The molecule has 0 spiro atoms. The summed E-state index contributed by atoms with van der Waals surface area (Å²) in [5, 5.41) is 0. The lowest BCUT2D eigenvalue weighted by Gasteiger charge is -2.44. The van der Waals surface area contributed by atoms with Crippen LogP contribution in [0.3, 0.4) is 0 Å². The molecule has 1 saturated carbocycles. The molecule has 2 amide bonds. The highest BCUT2D eigenvalue weighted by Gasteiger charge is 2.47. The number of rotatable bonds is 7. The first-order chi connectivity index (χ1) is 15.8. The van der Waals surface area contributed by atoms with Gasteiger partial charge in [0.1, 0.15) is 17.4 Å². The summed E-state index contributed by atoms with van der Waals surface area (Å²) < 4.78 is 33.0. The Morgan fingerprint density at radius 1 is 0.939 bits per heavy atom. The van der Waals surface area contributed by atoms with E-state index >= 15 is 0 Å². The van der Waals surface area contributed by atoms with Crippen LogP contribution in [-0.4, -0.2) is 36.4 Å². The van der Waals surface area contributed by atoms with Crippen molar-refractivity contribution in [3.63, 3.8) is 0 Å². The van der Waals surface area contributed by atoms with E-state index in [4.69, 9.17) is 10.5 Å². The van der Waals surface area contributed by atoms with E-state index in [0.29, 0.717) is 44.5 Å². The van der Waals surface area contributed by atoms with E-state index in [1.54, 1.807) is 18.2 Å². The number of piperidine rings is 1. The SMILES string of the molecule is NC(=O)CC1(COc2ccc(F)cc2)CCN(C(=O)C2(c3cccc(F)c3)CCCC2)CC1. The Balaban J connectivity index is 1.48. The van der Waals surface area contributed by atoms with E-state index in [1.807, 2.05) is 11.0 Å². The van der Waals surface area contributed by atoms with Gasteiger partial charge in [-0.2, -0.15) is 0 Å². The van der Waals surface area contributed by atoms with Gasteiger partial charge in [0.2, 0.25) is 11.8 Å². The molecule has 7 heteroatoms. The van der Waals surface area contributed by atoms with Crippen molar-refractivity contribution in [2.24, 2.45) is 11.1 Å². The Morgan fingerprint density at radius 3 is 2.21 bits per heavy atom. The molecule has 1 aliphatic carbocycles. The monoisotopic (exact) mass is 456 g/mol. The number of hydrogen-bond acceptors (Lipinski definition) is 3. The lowest BCUT2D eigenvalue weighted by Crippen LogP contribution is -2.52. The average Bonchev–Trinajstić information content (AvgIpc) is 3.30. The molecule has 2 N–H and O–H groups in total. The molecule has 0 unspecified atom stereocenters. The van der Waals surface area contributed by atoms with Crippen LogP contribution in [0.1, 0.15) is 50.5 Å². The summed E-state index contributed by atoms with van der Waals surface area (Å²) in [7, 11) is 0. The lowest BCUT2D eigenvalue weighted by atomic mass is 9.73. The number of halogens is 2. The maximum Gasteiger partial charge on any atom is 0.233 e. The van der Waals surface area contributed by atoms with Gasteiger partial charge in [0.05, 0.1) is 12.0 Å². The molecule has 0 atom stereocenters. The zero-order chi connectivity index (χ0) is 23.5. The fraction of sp³-hybridized carbons (Fsp3) is 0.462. The molecule has 0 aromatic heterocycles. The summed E-state index contributed by atoms with van der Waals surface area (Å²) in [4.78, 5) is 27.4. The third kappa shape index (κ3) is 5.02. The number of hydrogen-bond donors (Lipinski definition) is 1. The normalized spacial score (nSPS) is 19.3. The van der Waals surface area contributed by atoms with Crippen molar-refractivity contribution in [2.45, 2.75) is 50.4 Å². The number of likely N-dealkylation sites (tertiary alicyclic amines) is 1. The van der Waals surface area contributed by atoms with E-state index < -0.39 is 16.7 Å². The van der Waals surface area contributed by atoms with Crippen molar-refractivity contribution in [3.05, 3.63) is 65.7 Å². The Labute approximate surface area is 192 Å². The second kappa shape index (κ2) is 9.49.